The third-order valence-electron chi connectivity index (χ3n) is 1.69. The molecule has 2 N–H and O–H groups in total. The predicted octanol–water partition coefficient (Wildman–Crippen LogP) is 2.40. The Labute approximate surface area is 73.5 Å². The van der Waals surface area contributed by atoms with Gasteiger partial charge >= 0.3 is 6.18 Å². The highest BCUT2D eigenvalue weighted by atomic mass is 19.4. The average Bonchev–Trinajstić information content (AvgIpc) is 2.48. The molecule has 74 valence electrons. The van der Waals surface area contributed by atoms with Crippen LogP contribution in [0, 0.1) is 0 Å². The predicted molar refractivity (Wildman–Crippen MR) is 41.1 cm³/mol. The van der Waals surface area contributed by atoms with Crippen LogP contribution in [0.5, 0.6) is 0 Å². The highest BCUT2D eigenvalue weighted by molar-refractivity contribution is 5.11. The van der Waals surface area contributed by atoms with Gasteiger partial charge in [0, 0.05) is 6.42 Å². The molecule has 5 heteroatoms. The fraction of sp³-hybridized carbons (Fsp3) is 0.500. The molecule has 1 aromatic heterocycles. The highest BCUT2D eigenvalue weighted by Crippen LogP contribution is 2.31. The molecule has 0 fully saturated rings. The van der Waals surface area contributed by atoms with Gasteiger partial charge in [-0.15, -0.1) is 0 Å². The van der Waals surface area contributed by atoms with Crippen molar-refractivity contribution >= 4 is 0 Å². The van der Waals surface area contributed by atoms with Gasteiger partial charge in [0.05, 0.1) is 0 Å². The lowest BCUT2D eigenvalue weighted by Crippen LogP contribution is -2.27. The minimum absolute atomic E-state index is 0.232. The molecule has 0 aromatic carbocycles. The standard InChI is InChI=1S/C8H10F3NO/c1-2-5-3-4-6(13-5)7(12)8(9,10)11/h3-4,7H,2,12H2,1H3. The van der Waals surface area contributed by atoms with Crippen LogP contribution in [-0.2, 0) is 6.42 Å². The Hall–Kier alpha value is -0.970. The van der Waals surface area contributed by atoms with E-state index in [1.54, 1.807) is 6.92 Å². The average molecular weight is 193 g/mol. The van der Waals surface area contributed by atoms with Gasteiger partial charge in [0.25, 0.3) is 0 Å². The second kappa shape index (κ2) is 3.41. The van der Waals surface area contributed by atoms with Crippen molar-refractivity contribution in [3.05, 3.63) is 23.7 Å². The first-order chi connectivity index (χ1) is 5.95. The molecule has 0 bridgehead atoms. The molecule has 0 amide bonds. The van der Waals surface area contributed by atoms with Crippen LogP contribution in [-0.4, -0.2) is 6.18 Å². The number of rotatable bonds is 2. The summed E-state index contributed by atoms with van der Waals surface area (Å²) in [6.07, 6.45) is -3.88. The second-order valence-corrected chi connectivity index (χ2v) is 2.68. The molecule has 0 saturated carbocycles. The van der Waals surface area contributed by atoms with Gasteiger partial charge in [-0.05, 0) is 12.1 Å². The maximum Gasteiger partial charge on any atom is 0.410 e. The first-order valence-electron chi connectivity index (χ1n) is 3.86. The van der Waals surface area contributed by atoms with Gasteiger partial charge in [-0.3, -0.25) is 0 Å². The lowest BCUT2D eigenvalue weighted by Gasteiger charge is -2.12. The summed E-state index contributed by atoms with van der Waals surface area (Å²) in [7, 11) is 0. The van der Waals surface area contributed by atoms with Crippen molar-refractivity contribution in [2.75, 3.05) is 0 Å². The Kier molecular flexibility index (Phi) is 2.66. The van der Waals surface area contributed by atoms with Gasteiger partial charge < -0.3 is 10.2 Å². The Balaban J connectivity index is 2.83. The van der Waals surface area contributed by atoms with E-state index in [9.17, 15) is 13.2 Å². The Morgan fingerprint density at radius 3 is 2.46 bits per heavy atom. The van der Waals surface area contributed by atoms with Crippen LogP contribution in [0.4, 0.5) is 13.2 Å². The van der Waals surface area contributed by atoms with Gasteiger partial charge in [0.1, 0.15) is 11.5 Å². The maximum atomic E-state index is 12.1. The van der Waals surface area contributed by atoms with Crippen LogP contribution in [0.25, 0.3) is 0 Å². The SMILES string of the molecule is CCc1ccc(C(N)C(F)(F)F)o1. The van der Waals surface area contributed by atoms with E-state index in [-0.39, 0.29) is 5.76 Å². The van der Waals surface area contributed by atoms with Crippen LogP contribution in [0.3, 0.4) is 0 Å². The molecule has 0 aliphatic rings. The van der Waals surface area contributed by atoms with Gasteiger partial charge in [-0.2, -0.15) is 13.2 Å². The van der Waals surface area contributed by atoms with Crippen molar-refractivity contribution in [1.82, 2.24) is 0 Å². The molecule has 1 rings (SSSR count). The number of furan rings is 1. The lowest BCUT2D eigenvalue weighted by atomic mass is 10.2. The van der Waals surface area contributed by atoms with Crippen molar-refractivity contribution in [3.63, 3.8) is 0 Å². The summed E-state index contributed by atoms with van der Waals surface area (Å²) in [5.41, 5.74) is 4.92. The zero-order valence-electron chi connectivity index (χ0n) is 7.06. The molecular formula is C8H10F3NO. The van der Waals surface area contributed by atoms with Crippen molar-refractivity contribution in [2.45, 2.75) is 25.6 Å². The minimum Gasteiger partial charge on any atom is -0.464 e. The first kappa shape index (κ1) is 10.1. The largest absolute Gasteiger partial charge is 0.464 e. The minimum atomic E-state index is -4.44. The summed E-state index contributed by atoms with van der Waals surface area (Å²) in [6.45, 7) is 1.79. The summed E-state index contributed by atoms with van der Waals surface area (Å²) in [5, 5.41) is 0. The molecule has 1 aromatic rings. The molecule has 0 aliphatic carbocycles. The number of nitrogens with two attached hydrogens (primary N) is 1. The number of halogens is 3. The van der Waals surface area contributed by atoms with Crippen LogP contribution < -0.4 is 5.73 Å². The lowest BCUT2D eigenvalue weighted by molar-refractivity contribution is -0.152. The number of hydrogen-bond donors (Lipinski definition) is 1. The van der Waals surface area contributed by atoms with Gasteiger partial charge in [0.2, 0.25) is 0 Å². The Morgan fingerprint density at radius 2 is 2.08 bits per heavy atom. The smallest absolute Gasteiger partial charge is 0.410 e. The van der Waals surface area contributed by atoms with Crippen molar-refractivity contribution in [2.24, 2.45) is 5.73 Å². The molecule has 0 radical (unpaired) electrons. The molecular weight excluding hydrogens is 183 g/mol. The van der Waals surface area contributed by atoms with E-state index < -0.39 is 12.2 Å². The summed E-state index contributed by atoms with van der Waals surface area (Å²) < 4.78 is 41.1. The molecule has 1 atom stereocenters. The van der Waals surface area contributed by atoms with E-state index in [1.807, 2.05) is 0 Å². The van der Waals surface area contributed by atoms with Crippen LogP contribution in [0.2, 0.25) is 0 Å². The topological polar surface area (TPSA) is 39.2 Å². The molecule has 0 aliphatic heterocycles. The normalized spacial score (nSPS) is 14.5. The van der Waals surface area contributed by atoms with Crippen molar-refractivity contribution < 1.29 is 17.6 Å². The summed E-state index contributed by atoms with van der Waals surface area (Å²) in [5.74, 6) is 0.277. The zero-order valence-corrected chi connectivity index (χ0v) is 7.06. The highest BCUT2D eigenvalue weighted by Gasteiger charge is 2.39. The first-order valence-corrected chi connectivity index (χ1v) is 3.86. The van der Waals surface area contributed by atoms with E-state index in [0.29, 0.717) is 12.2 Å². The summed E-state index contributed by atoms with van der Waals surface area (Å²) in [4.78, 5) is 0. The van der Waals surface area contributed by atoms with Crippen LogP contribution >= 0.6 is 0 Å². The third-order valence-corrected chi connectivity index (χ3v) is 1.69. The maximum absolute atomic E-state index is 12.1. The molecule has 2 nitrogen and oxygen atoms in total. The van der Waals surface area contributed by atoms with Gasteiger partial charge in [0.15, 0.2) is 6.04 Å². The van der Waals surface area contributed by atoms with E-state index in [2.05, 4.69) is 0 Å². The monoisotopic (exact) mass is 193 g/mol. The van der Waals surface area contributed by atoms with E-state index in [1.165, 1.54) is 12.1 Å². The number of hydrogen-bond acceptors (Lipinski definition) is 2. The number of aryl methyl sites for hydroxylation is 1. The van der Waals surface area contributed by atoms with Gasteiger partial charge in [-0.25, -0.2) is 0 Å². The van der Waals surface area contributed by atoms with E-state index >= 15 is 0 Å². The second-order valence-electron chi connectivity index (χ2n) is 2.68. The zero-order chi connectivity index (χ0) is 10.1. The Morgan fingerprint density at radius 1 is 1.46 bits per heavy atom. The molecule has 0 saturated heterocycles. The summed E-state index contributed by atoms with van der Waals surface area (Å²) in [6, 6.07) is 0.741. The van der Waals surface area contributed by atoms with E-state index in [4.69, 9.17) is 10.2 Å². The van der Waals surface area contributed by atoms with Crippen LogP contribution in [0.15, 0.2) is 16.5 Å². The Bertz CT molecular complexity index is 279. The fourth-order valence-electron chi connectivity index (χ4n) is 0.913. The van der Waals surface area contributed by atoms with Gasteiger partial charge in [-0.1, -0.05) is 6.92 Å². The van der Waals surface area contributed by atoms with Crippen LogP contribution in [0.1, 0.15) is 24.5 Å². The van der Waals surface area contributed by atoms with Crippen molar-refractivity contribution in [3.8, 4) is 0 Å². The third kappa shape index (κ3) is 2.24. The molecule has 0 spiro atoms. The quantitative estimate of drug-likeness (QED) is 0.783. The van der Waals surface area contributed by atoms with Crippen molar-refractivity contribution in [1.29, 1.82) is 0 Å². The molecule has 1 heterocycles. The molecule has 1 unspecified atom stereocenters. The molecule has 13 heavy (non-hydrogen) atoms. The fourth-order valence-corrected chi connectivity index (χ4v) is 0.913. The summed E-state index contributed by atoms with van der Waals surface area (Å²) >= 11 is 0. The van der Waals surface area contributed by atoms with E-state index in [0.717, 1.165) is 0 Å². The number of alkyl halides is 3.